The number of ether oxygens (including phenoxy) is 3. The van der Waals surface area contributed by atoms with Crippen LogP contribution < -0.4 is 19.5 Å². The van der Waals surface area contributed by atoms with Crippen molar-refractivity contribution >= 4 is 28.4 Å². The first-order valence-corrected chi connectivity index (χ1v) is 13.7. The van der Waals surface area contributed by atoms with Crippen LogP contribution >= 0.6 is 0 Å². The number of nitrogens with zero attached hydrogens (tertiary/aromatic N) is 1. The summed E-state index contributed by atoms with van der Waals surface area (Å²) in [4.78, 5) is 31.4. The Morgan fingerprint density at radius 2 is 1.45 bits per heavy atom. The Morgan fingerprint density at radius 1 is 0.762 bits per heavy atom. The summed E-state index contributed by atoms with van der Waals surface area (Å²) in [6.45, 7) is 1.14. The molecular formula is C34H31N3O5. The van der Waals surface area contributed by atoms with E-state index in [9.17, 15) is 9.59 Å². The largest absolute Gasteiger partial charge is 0.496 e. The van der Waals surface area contributed by atoms with Crippen LogP contribution in [0.15, 0.2) is 84.9 Å². The molecule has 5 aromatic rings. The summed E-state index contributed by atoms with van der Waals surface area (Å²) in [5.41, 5.74) is 6.85. The molecule has 1 aromatic heterocycles. The van der Waals surface area contributed by atoms with Gasteiger partial charge in [0.25, 0.3) is 11.8 Å². The Labute approximate surface area is 243 Å². The highest BCUT2D eigenvalue weighted by Crippen LogP contribution is 2.34. The number of hydrogen-bond donors (Lipinski definition) is 2. The summed E-state index contributed by atoms with van der Waals surface area (Å²) in [5.74, 6) is 1.62. The van der Waals surface area contributed by atoms with E-state index in [-0.39, 0.29) is 11.8 Å². The Morgan fingerprint density at radius 3 is 2.19 bits per heavy atom. The summed E-state index contributed by atoms with van der Waals surface area (Å²) in [5, 5.41) is 3.88. The number of hydrogen-bond acceptors (Lipinski definition) is 5. The first kappa shape index (κ1) is 27.0. The van der Waals surface area contributed by atoms with Gasteiger partial charge in [0.2, 0.25) is 0 Å². The standard InChI is InChI=1S/C34H31N3O5/c1-40-30-7-5-4-6-27(30)33(38)35-26-11-8-21(9-12-26)22-10-13-28-24(16-22)17-29(36-28)34(39)37-15-14-23-18-31(41-2)32(42-3)19-25(23)20-37/h4-13,16-19,36H,14-15,20H2,1-3H3,(H,35,38). The van der Waals surface area contributed by atoms with Crippen molar-refractivity contribution in [1.82, 2.24) is 9.88 Å². The summed E-state index contributed by atoms with van der Waals surface area (Å²) < 4.78 is 16.2. The molecule has 0 radical (unpaired) electrons. The van der Waals surface area contributed by atoms with Crippen LogP contribution in [-0.2, 0) is 13.0 Å². The molecule has 1 aliphatic heterocycles. The van der Waals surface area contributed by atoms with Crippen molar-refractivity contribution < 1.29 is 23.8 Å². The maximum atomic E-state index is 13.5. The summed E-state index contributed by atoms with van der Waals surface area (Å²) in [6.07, 6.45) is 0.751. The van der Waals surface area contributed by atoms with E-state index in [0.717, 1.165) is 34.0 Å². The van der Waals surface area contributed by atoms with E-state index in [0.29, 0.717) is 47.3 Å². The molecule has 8 nitrogen and oxygen atoms in total. The first-order chi connectivity index (χ1) is 20.5. The minimum Gasteiger partial charge on any atom is -0.496 e. The number of aromatic amines is 1. The number of benzene rings is 4. The van der Waals surface area contributed by atoms with Gasteiger partial charge in [-0.25, -0.2) is 0 Å². The van der Waals surface area contributed by atoms with E-state index in [1.165, 1.54) is 5.56 Å². The van der Waals surface area contributed by atoms with E-state index in [4.69, 9.17) is 14.2 Å². The van der Waals surface area contributed by atoms with Crippen LogP contribution in [0.25, 0.3) is 22.0 Å². The zero-order chi connectivity index (χ0) is 29.2. The number of methoxy groups -OCH3 is 3. The number of aromatic nitrogens is 1. The Hall–Kier alpha value is -5.24. The van der Waals surface area contributed by atoms with Gasteiger partial charge in [0, 0.05) is 29.7 Å². The average molecular weight is 562 g/mol. The van der Waals surface area contributed by atoms with Crippen molar-refractivity contribution in [3.8, 4) is 28.4 Å². The van der Waals surface area contributed by atoms with Gasteiger partial charge in [-0.15, -0.1) is 0 Å². The van der Waals surface area contributed by atoms with Gasteiger partial charge < -0.3 is 29.4 Å². The van der Waals surface area contributed by atoms with Crippen LogP contribution in [0.5, 0.6) is 17.2 Å². The SMILES string of the molecule is COc1cc2c(cc1OC)CN(C(=O)c1cc3cc(-c4ccc(NC(=O)c5ccccc5OC)cc4)ccc3[nH]1)CC2. The highest BCUT2D eigenvalue weighted by molar-refractivity contribution is 6.06. The summed E-state index contributed by atoms with van der Waals surface area (Å²) in [7, 11) is 4.79. The third-order valence-electron chi connectivity index (χ3n) is 7.68. The fourth-order valence-electron chi connectivity index (χ4n) is 5.43. The topological polar surface area (TPSA) is 92.9 Å². The number of rotatable bonds is 7. The summed E-state index contributed by atoms with van der Waals surface area (Å²) >= 11 is 0. The number of carbonyl (C=O) groups is 2. The lowest BCUT2D eigenvalue weighted by molar-refractivity contribution is 0.0729. The second kappa shape index (κ2) is 11.3. The minimum atomic E-state index is -0.234. The molecule has 0 unspecified atom stereocenters. The fraction of sp³-hybridized carbons (Fsp3) is 0.176. The van der Waals surface area contributed by atoms with E-state index in [1.807, 2.05) is 65.6 Å². The highest BCUT2D eigenvalue weighted by Gasteiger charge is 2.25. The Balaban J connectivity index is 1.17. The molecule has 4 aromatic carbocycles. The second-order valence-electron chi connectivity index (χ2n) is 10.2. The van der Waals surface area contributed by atoms with Crippen molar-refractivity contribution in [2.75, 3.05) is 33.2 Å². The molecule has 0 saturated carbocycles. The second-order valence-corrected chi connectivity index (χ2v) is 10.2. The number of anilines is 1. The average Bonchev–Trinajstić information content (AvgIpc) is 3.47. The smallest absolute Gasteiger partial charge is 0.270 e. The molecule has 0 saturated heterocycles. The number of fused-ring (bicyclic) bond motifs is 2. The highest BCUT2D eigenvalue weighted by atomic mass is 16.5. The van der Waals surface area contributed by atoms with Crippen molar-refractivity contribution in [3.63, 3.8) is 0 Å². The van der Waals surface area contributed by atoms with Gasteiger partial charge in [-0.1, -0.05) is 30.3 Å². The molecule has 2 heterocycles. The zero-order valence-electron chi connectivity index (χ0n) is 23.7. The van der Waals surface area contributed by atoms with Crippen molar-refractivity contribution in [1.29, 1.82) is 0 Å². The lowest BCUT2D eigenvalue weighted by Crippen LogP contribution is -2.36. The van der Waals surface area contributed by atoms with Gasteiger partial charge in [-0.3, -0.25) is 9.59 Å². The third kappa shape index (κ3) is 5.14. The predicted octanol–water partition coefficient (Wildman–Crippen LogP) is 6.31. The maximum Gasteiger partial charge on any atom is 0.270 e. The van der Waals surface area contributed by atoms with Crippen LogP contribution in [0.2, 0.25) is 0 Å². The van der Waals surface area contributed by atoms with Crippen LogP contribution in [0.3, 0.4) is 0 Å². The molecule has 8 heteroatoms. The first-order valence-electron chi connectivity index (χ1n) is 13.7. The molecule has 0 fully saturated rings. The lowest BCUT2D eigenvalue weighted by Gasteiger charge is -2.29. The molecule has 212 valence electrons. The Kier molecular flexibility index (Phi) is 7.27. The van der Waals surface area contributed by atoms with E-state index < -0.39 is 0 Å². The number of para-hydroxylation sites is 1. The molecular weight excluding hydrogens is 530 g/mol. The van der Waals surface area contributed by atoms with Crippen LogP contribution in [-0.4, -0.2) is 49.6 Å². The molecule has 42 heavy (non-hydrogen) atoms. The molecule has 0 spiro atoms. The van der Waals surface area contributed by atoms with Crippen LogP contribution in [0.1, 0.15) is 32.0 Å². The molecule has 6 rings (SSSR count). The molecule has 1 aliphatic rings. The Bertz CT molecular complexity index is 1790. The number of amides is 2. The monoisotopic (exact) mass is 561 g/mol. The van der Waals surface area contributed by atoms with E-state index >= 15 is 0 Å². The quantitative estimate of drug-likeness (QED) is 0.243. The molecule has 0 atom stereocenters. The van der Waals surface area contributed by atoms with Crippen LogP contribution in [0.4, 0.5) is 5.69 Å². The van der Waals surface area contributed by atoms with Gasteiger partial charge in [-0.2, -0.15) is 0 Å². The zero-order valence-corrected chi connectivity index (χ0v) is 23.7. The molecule has 2 amide bonds. The van der Waals surface area contributed by atoms with Gasteiger partial charge >= 0.3 is 0 Å². The molecule has 2 N–H and O–H groups in total. The number of carbonyl (C=O) groups excluding carboxylic acids is 2. The van der Waals surface area contributed by atoms with E-state index in [1.54, 1.807) is 39.5 Å². The molecule has 0 bridgehead atoms. The number of nitrogens with one attached hydrogen (secondary N) is 2. The predicted molar refractivity (Wildman–Crippen MR) is 163 cm³/mol. The van der Waals surface area contributed by atoms with Gasteiger partial charge in [0.05, 0.1) is 26.9 Å². The normalized spacial score (nSPS) is 12.5. The van der Waals surface area contributed by atoms with Crippen molar-refractivity contribution in [2.24, 2.45) is 0 Å². The van der Waals surface area contributed by atoms with Crippen LogP contribution in [0, 0.1) is 0 Å². The van der Waals surface area contributed by atoms with E-state index in [2.05, 4.69) is 16.4 Å². The maximum absolute atomic E-state index is 13.5. The number of H-pyrrole nitrogens is 1. The van der Waals surface area contributed by atoms with Gasteiger partial charge in [0.15, 0.2) is 11.5 Å². The van der Waals surface area contributed by atoms with Crippen molar-refractivity contribution in [2.45, 2.75) is 13.0 Å². The van der Waals surface area contributed by atoms with Gasteiger partial charge in [-0.05, 0) is 83.3 Å². The fourth-order valence-corrected chi connectivity index (χ4v) is 5.43. The lowest BCUT2D eigenvalue weighted by atomic mass is 9.98. The van der Waals surface area contributed by atoms with Crippen molar-refractivity contribution in [3.05, 3.63) is 107 Å². The van der Waals surface area contributed by atoms with Gasteiger partial charge in [0.1, 0.15) is 11.4 Å². The third-order valence-corrected chi connectivity index (χ3v) is 7.68. The molecule has 0 aliphatic carbocycles. The minimum absolute atomic E-state index is 0.0386. The summed E-state index contributed by atoms with van der Waals surface area (Å²) in [6, 6.07) is 26.7.